The highest BCUT2D eigenvalue weighted by Gasteiger charge is 2.27. The van der Waals surface area contributed by atoms with Crippen LogP contribution in [-0.4, -0.2) is 48.3 Å². The van der Waals surface area contributed by atoms with E-state index in [0.29, 0.717) is 6.54 Å². The molecule has 11 heteroatoms. The van der Waals surface area contributed by atoms with Gasteiger partial charge in [0, 0.05) is 19.8 Å². The molecule has 0 aliphatic heterocycles. The van der Waals surface area contributed by atoms with Crippen LogP contribution in [0, 0.1) is 5.92 Å². The fourth-order valence-electron chi connectivity index (χ4n) is 2.09. The van der Waals surface area contributed by atoms with Gasteiger partial charge in [-0.05, 0) is 18.1 Å². The molecule has 4 N–H and O–H groups in total. The SMILES string of the molecule is CC(C)CN(C)S(=O)(=O)c1cc(C(N)=O)c(NC(=O)c2ccn[nH]2)s1. The number of primary amides is 1. The lowest BCUT2D eigenvalue weighted by Crippen LogP contribution is -2.29. The van der Waals surface area contributed by atoms with E-state index in [-0.39, 0.29) is 26.4 Å². The Hall–Kier alpha value is -2.24. The van der Waals surface area contributed by atoms with Crippen LogP contribution in [-0.2, 0) is 10.0 Å². The molecule has 2 rings (SSSR count). The zero-order valence-corrected chi connectivity index (χ0v) is 15.6. The van der Waals surface area contributed by atoms with Gasteiger partial charge in [0.15, 0.2) is 0 Å². The molecule has 25 heavy (non-hydrogen) atoms. The van der Waals surface area contributed by atoms with Gasteiger partial charge in [-0.1, -0.05) is 13.8 Å². The standard InChI is InChI=1S/C14H19N5O4S2/c1-8(2)7-19(3)25(22,23)11-6-9(12(15)20)14(24-11)17-13(21)10-4-5-16-18-10/h4-6,8H,7H2,1-3H3,(H2,15,20)(H,16,18)(H,17,21). The van der Waals surface area contributed by atoms with Gasteiger partial charge in [0.2, 0.25) is 0 Å². The van der Waals surface area contributed by atoms with Gasteiger partial charge in [-0.2, -0.15) is 9.40 Å². The summed E-state index contributed by atoms with van der Waals surface area (Å²) in [5.41, 5.74) is 5.42. The van der Waals surface area contributed by atoms with Gasteiger partial charge in [0.25, 0.3) is 21.8 Å². The monoisotopic (exact) mass is 385 g/mol. The number of aromatic nitrogens is 2. The minimum absolute atomic E-state index is 0.0608. The average molecular weight is 385 g/mol. The van der Waals surface area contributed by atoms with Crippen LogP contribution < -0.4 is 11.1 Å². The fraction of sp³-hybridized carbons (Fsp3) is 0.357. The van der Waals surface area contributed by atoms with Gasteiger partial charge in [-0.3, -0.25) is 14.7 Å². The molecule has 0 aliphatic rings. The number of carbonyl (C=O) groups is 2. The maximum absolute atomic E-state index is 12.6. The molecule has 0 saturated heterocycles. The van der Waals surface area contributed by atoms with Gasteiger partial charge in [-0.25, -0.2) is 8.42 Å². The van der Waals surface area contributed by atoms with E-state index in [0.717, 1.165) is 11.3 Å². The molecule has 2 heterocycles. The predicted molar refractivity (Wildman–Crippen MR) is 94.0 cm³/mol. The number of hydrogen-bond donors (Lipinski definition) is 3. The summed E-state index contributed by atoms with van der Waals surface area (Å²) < 4.78 is 26.4. The Morgan fingerprint density at radius 3 is 2.64 bits per heavy atom. The number of H-pyrrole nitrogens is 1. The van der Waals surface area contributed by atoms with Crippen LogP contribution in [0.4, 0.5) is 5.00 Å². The number of sulfonamides is 1. The molecule has 0 aromatic carbocycles. The van der Waals surface area contributed by atoms with Crippen molar-refractivity contribution in [2.45, 2.75) is 18.1 Å². The third kappa shape index (κ3) is 4.24. The van der Waals surface area contributed by atoms with Crippen LogP contribution in [0.15, 0.2) is 22.5 Å². The average Bonchev–Trinajstić information content (AvgIpc) is 3.15. The first-order valence-corrected chi connectivity index (χ1v) is 9.59. The minimum atomic E-state index is -3.79. The number of thiophene rings is 1. The number of nitrogens with zero attached hydrogens (tertiary/aromatic N) is 2. The summed E-state index contributed by atoms with van der Waals surface area (Å²) in [6.07, 6.45) is 1.40. The molecule has 0 unspecified atom stereocenters. The first kappa shape index (κ1) is 19.1. The maximum Gasteiger partial charge on any atom is 0.274 e. The van der Waals surface area contributed by atoms with Crippen LogP contribution in [0.1, 0.15) is 34.7 Å². The summed E-state index contributed by atoms with van der Waals surface area (Å²) >= 11 is 0.779. The number of anilines is 1. The van der Waals surface area contributed by atoms with E-state index in [1.54, 1.807) is 0 Å². The summed E-state index contributed by atoms with van der Waals surface area (Å²) in [4.78, 5) is 23.7. The second-order valence-corrected chi connectivity index (χ2v) is 9.10. The molecule has 0 atom stereocenters. The van der Waals surface area contributed by atoms with E-state index in [4.69, 9.17) is 5.73 Å². The van der Waals surface area contributed by atoms with E-state index in [1.165, 1.54) is 29.7 Å². The van der Waals surface area contributed by atoms with Crippen molar-refractivity contribution in [3.05, 3.63) is 29.6 Å². The molecular weight excluding hydrogens is 366 g/mol. The highest BCUT2D eigenvalue weighted by Crippen LogP contribution is 2.33. The Morgan fingerprint density at radius 2 is 2.12 bits per heavy atom. The Bertz CT molecular complexity index is 871. The topological polar surface area (TPSA) is 138 Å². The van der Waals surface area contributed by atoms with Gasteiger partial charge in [0.05, 0.1) is 5.56 Å². The van der Waals surface area contributed by atoms with Crippen molar-refractivity contribution in [1.29, 1.82) is 0 Å². The number of aromatic amines is 1. The lowest BCUT2D eigenvalue weighted by atomic mass is 10.2. The van der Waals surface area contributed by atoms with Gasteiger partial charge in [0.1, 0.15) is 14.9 Å². The lowest BCUT2D eigenvalue weighted by molar-refractivity contribution is 0.100. The van der Waals surface area contributed by atoms with Crippen molar-refractivity contribution in [3.63, 3.8) is 0 Å². The third-order valence-electron chi connectivity index (χ3n) is 3.23. The van der Waals surface area contributed by atoms with E-state index < -0.39 is 21.8 Å². The highest BCUT2D eigenvalue weighted by molar-refractivity contribution is 7.91. The van der Waals surface area contributed by atoms with Gasteiger partial charge < -0.3 is 11.1 Å². The Kier molecular flexibility index (Phi) is 5.60. The van der Waals surface area contributed by atoms with E-state index in [2.05, 4.69) is 15.5 Å². The summed E-state index contributed by atoms with van der Waals surface area (Å²) in [5, 5.41) is 8.71. The predicted octanol–water partition coefficient (Wildman–Crippen LogP) is 1.10. The number of amides is 2. The van der Waals surface area contributed by atoms with Crippen LogP contribution in [0.25, 0.3) is 0 Å². The number of carbonyl (C=O) groups excluding carboxylic acids is 2. The molecule has 0 fully saturated rings. The molecule has 0 aliphatic carbocycles. The van der Waals surface area contributed by atoms with Crippen LogP contribution >= 0.6 is 11.3 Å². The second kappa shape index (κ2) is 7.33. The van der Waals surface area contributed by atoms with Gasteiger partial charge >= 0.3 is 0 Å². The first-order valence-electron chi connectivity index (χ1n) is 7.33. The molecule has 0 spiro atoms. The molecule has 0 saturated carbocycles. The quantitative estimate of drug-likeness (QED) is 0.655. The Morgan fingerprint density at radius 1 is 1.44 bits per heavy atom. The molecule has 0 radical (unpaired) electrons. The molecule has 2 amide bonds. The molecule has 2 aromatic heterocycles. The van der Waals surface area contributed by atoms with E-state index >= 15 is 0 Å². The van der Waals surface area contributed by atoms with Crippen molar-refractivity contribution >= 4 is 38.2 Å². The lowest BCUT2D eigenvalue weighted by Gasteiger charge is -2.17. The van der Waals surface area contributed by atoms with Crippen molar-refractivity contribution in [2.24, 2.45) is 11.7 Å². The molecule has 2 aromatic rings. The summed E-state index contributed by atoms with van der Waals surface area (Å²) in [6.45, 7) is 4.11. The first-order chi connectivity index (χ1) is 11.6. The van der Waals surface area contributed by atoms with E-state index in [9.17, 15) is 18.0 Å². The van der Waals surface area contributed by atoms with Crippen molar-refractivity contribution in [1.82, 2.24) is 14.5 Å². The van der Waals surface area contributed by atoms with Crippen molar-refractivity contribution in [3.8, 4) is 0 Å². The molecular formula is C14H19N5O4S2. The highest BCUT2D eigenvalue weighted by atomic mass is 32.2. The van der Waals surface area contributed by atoms with Crippen molar-refractivity contribution < 1.29 is 18.0 Å². The molecule has 136 valence electrons. The molecule has 0 bridgehead atoms. The Labute approximate surface area is 149 Å². The summed E-state index contributed by atoms with van der Waals surface area (Å²) in [6, 6.07) is 2.63. The summed E-state index contributed by atoms with van der Waals surface area (Å²) in [7, 11) is -2.33. The molecule has 9 nitrogen and oxygen atoms in total. The van der Waals surface area contributed by atoms with Crippen molar-refractivity contribution in [2.75, 3.05) is 18.9 Å². The van der Waals surface area contributed by atoms with Crippen LogP contribution in [0.5, 0.6) is 0 Å². The maximum atomic E-state index is 12.6. The van der Waals surface area contributed by atoms with Crippen LogP contribution in [0.2, 0.25) is 0 Å². The largest absolute Gasteiger partial charge is 0.366 e. The number of hydrogen-bond acceptors (Lipinski definition) is 6. The second-order valence-electron chi connectivity index (χ2n) is 5.78. The van der Waals surface area contributed by atoms with Gasteiger partial charge in [-0.15, -0.1) is 11.3 Å². The number of rotatable bonds is 7. The fourth-order valence-corrected chi connectivity index (χ4v) is 5.00. The third-order valence-corrected chi connectivity index (χ3v) is 6.56. The van der Waals surface area contributed by atoms with Crippen LogP contribution in [0.3, 0.4) is 0 Å². The van der Waals surface area contributed by atoms with E-state index in [1.807, 2.05) is 13.8 Å². The number of nitrogens with two attached hydrogens (primary N) is 1. The minimum Gasteiger partial charge on any atom is -0.366 e. The zero-order chi connectivity index (χ0) is 18.8. The Balaban J connectivity index is 2.36. The smallest absolute Gasteiger partial charge is 0.274 e. The number of nitrogens with one attached hydrogen (secondary N) is 2. The zero-order valence-electron chi connectivity index (χ0n) is 13.9. The summed E-state index contributed by atoms with van der Waals surface area (Å²) in [5.74, 6) is -1.25. The normalized spacial score (nSPS) is 11.9.